The van der Waals surface area contributed by atoms with Crippen molar-refractivity contribution >= 4 is 11.8 Å². The van der Waals surface area contributed by atoms with Crippen molar-refractivity contribution in [3.63, 3.8) is 0 Å². The summed E-state index contributed by atoms with van der Waals surface area (Å²) in [7, 11) is 0. The van der Waals surface area contributed by atoms with E-state index in [4.69, 9.17) is 9.26 Å². The normalized spacial score (nSPS) is 16.1. The Bertz CT molecular complexity index is 817. The second-order valence-electron chi connectivity index (χ2n) is 6.87. The zero-order valence-corrected chi connectivity index (χ0v) is 15.8. The average Bonchev–Trinajstić information content (AvgIpc) is 3.34. The van der Waals surface area contributed by atoms with Crippen LogP contribution in [0.2, 0.25) is 0 Å². The van der Waals surface area contributed by atoms with E-state index in [0.29, 0.717) is 24.5 Å². The van der Waals surface area contributed by atoms with Gasteiger partial charge in [0.2, 0.25) is 5.91 Å². The highest BCUT2D eigenvalue weighted by atomic mass is 19.1. The summed E-state index contributed by atoms with van der Waals surface area (Å²) in [6.45, 7) is 3.28. The van der Waals surface area contributed by atoms with Crippen molar-refractivity contribution in [2.24, 2.45) is 0 Å². The summed E-state index contributed by atoms with van der Waals surface area (Å²) in [5, 5.41) is 6.53. The Morgan fingerprint density at radius 1 is 1.36 bits per heavy atom. The lowest BCUT2D eigenvalue weighted by atomic mass is 10.2. The van der Waals surface area contributed by atoms with Crippen LogP contribution in [0.4, 0.5) is 4.39 Å². The monoisotopic (exact) mass is 389 g/mol. The Kier molecular flexibility index (Phi) is 6.76. The molecule has 2 heterocycles. The number of rotatable bonds is 8. The van der Waals surface area contributed by atoms with E-state index in [-0.39, 0.29) is 48.9 Å². The van der Waals surface area contributed by atoms with Crippen molar-refractivity contribution < 1.29 is 23.2 Å². The molecule has 1 aromatic carbocycles. The summed E-state index contributed by atoms with van der Waals surface area (Å²) in [4.78, 5) is 26.5. The van der Waals surface area contributed by atoms with Gasteiger partial charge >= 0.3 is 0 Å². The molecule has 0 spiro atoms. The Hall–Kier alpha value is -2.74. The lowest BCUT2D eigenvalue weighted by Gasteiger charge is -2.24. The third-order valence-corrected chi connectivity index (χ3v) is 4.57. The van der Waals surface area contributed by atoms with Crippen LogP contribution in [0.3, 0.4) is 0 Å². The topological polar surface area (TPSA) is 84.7 Å². The maximum atomic E-state index is 13.2. The predicted octanol–water partition coefficient (Wildman–Crippen LogP) is 2.45. The molecule has 8 heteroatoms. The number of carbonyl (C=O) groups is 2. The van der Waals surface area contributed by atoms with Crippen LogP contribution in [0.25, 0.3) is 0 Å². The fourth-order valence-electron chi connectivity index (χ4n) is 3.11. The number of carbonyl (C=O) groups excluding carboxylic acids is 2. The van der Waals surface area contributed by atoms with Gasteiger partial charge in [0.25, 0.3) is 5.91 Å². The zero-order valence-electron chi connectivity index (χ0n) is 15.8. The van der Waals surface area contributed by atoms with E-state index < -0.39 is 0 Å². The summed E-state index contributed by atoms with van der Waals surface area (Å²) in [5.74, 6) is -0.299. The van der Waals surface area contributed by atoms with Gasteiger partial charge in [0.15, 0.2) is 5.69 Å². The Balaban J connectivity index is 1.55. The molecule has 1 N–H and O–H groups in total. The zero-order chi connectivity index (χ0) is 19.9. The number of aromatic nitrogens is 1. The van der Waals surface area contributed by atoms with Gasteiger partial charge in [0, 0.05) is 38.7 Å². The van der Waals surface area contributed by atoms with Crippen molar-refractivity contribution in [2.75, 3.05) is 19.7 Å². The van der Waals surface area contributed by atoms with E-state index in [1.807, 2.05) is 0 Å². The number of hydrogen-bond donors (Lipinski definition) is 1. The van der Waals surface area contributed by atoms with Gasteiger partial charge in [-0.25, -0.2) is 4.39 Å². The van der Waals surface area contributed by atoms with Crippen LogP contribution in [-0.4, -0.2) is 47.7 Å². The van der Waals surface area contributed by atoms with Crippen LogP contribution in [0.1, 0.15) is 41.1 Å². The maximum Gasteiger partial charge on any atom is 0.276 e. The molecular formula is C20H24FN3O4. The van der Waals surface area contributed by atoms with Gasteiger partial charge < -0.3 is 19.5 Å². The van der Waals surface area contributed by atoms with E-state index in [1.54, 1.807) is 30.0 Å². The highest BCUT2D eigenvalue weighted by Crippen LogP contribution is 2.15. The van der Waals surface area contributed by atoms with Crippen LogP contribution in [0.5, 0.6) is 0 Å². The molecule has 1 aliphatic rings. The molecule has 28 heavy (non-hydrogen) atoms. The van der Waals surface area contributed by atoms with E-state index in [1.165, 1.54) is 12.1 Å². The first kappa shape index (κ1) is 20.0. The van der Waals surface area contributed by atoms with Crippen LogP contribution >= 0.6 is 0 Å². The number of nitrogens with zero attached hydrogens (tertiary/aromatic N) is 2. The highest BCUT2D eigenvalue weighted by molar-refractivity contribution is 5.92. The summed E-state index contributed by atoms with van der Waals surface area (Å²) in [6.07, 6.45) is 1.94. The van der Waals surface area contributed by atoms with Crippen LogP contribution in [0.15, 0.2) is 34.9 Å². The number of halogens is 1. The minimum absolute atomic E-state index is 0.0349. The van der Waals surface area contributed by atoms with Crippen molar-refractivity contribution in [3.05, 3.63) is 53.2 Å². The van der Waals surface area contributed by atoms with Crippen LogP contribution < -0.4 is 5.32 Å². The molecule has 1 unspecified atom stereocenters. The SMILES string of the molecule is Cc1cc(C(=O)N(CCC(=O)NCc2cccc(F)c2)CC2CCCO2)no1. The predicted molar refractivity (Wildman–Crippen MR) is 99.0 cm³/mol. The molecule has 1 atom stereocenters. The van der Waals surface area contributed by atoms with Gasteiger partial charge in [-0.15, -0.1) is 0 Å². The molecule has 0 bridgehead atoms. The molecule has 0 radical (unpaired) electrons. The molecule has 1 saturated heterocycles. The Labute approximate surface area is 162 Å². The lowest BCUT2D eigenvalue weighted by Crippen LogP contribution is -2.40. The number of benzene rings is 1. The van der Waals surface area contributed by atoms with E-state index in [2.05, 4.69) is 10.5 Å². The van der Waals surface area contributed by atoms with Crippen LogP contribution in [0, 0.1) is 12.7 Å². The molecule has 0 aliphatic carbocycles. The Morgan fingerprint density at radius 3 is 2.89 bits per heavy atom. The quantitative estimate of drug-likeness (QED) is 0.750. The number of nitrogens with one attached hydrogen (secondary N) is 1. The van der Waals surface area contributed by atoms with Crippen molar-refractivity contribution in [1.82, 2.24) is 15.4 Å². The molecule has 2 amide bonds. The third-order valence-electron chi connectivity index (χ3n) is 4.57. The summed E-state index contributed by atoms with van der Waals surface area (Å²) in [6, 6.07) is 7.64. The van der Waals surface area contributed by atoms with Gasteiger partial charge in [0.1, 0.15) is 11.6 Å². The first-order chi connectivity index (χ1) is 13.5. The summed E-state index contributed by atoms with van der Waals surface area (Å²) < 4.78 is 23.8. The number of aryl methyl sites for hydroxylation is 1. The molecule has 1 aromatic heterocycles. The van der Waals surface area contributed by atoms with Crippen molar-refractivity contribution in [2.45, 2.75) is 38.8 Å². The smallest absolute Gasteiger partial charge is 0.276 e. The van der Waals surface area contributed by atoms with E-state index in [0.717, 1.165) is 12.8 Å². The van der Waals surface area contributed by atoms with Gasteiger partial charge in [0.05, 0.1) is 6.10 Å². The first-order valence-corrected chi connectivity index (χ1v) is 9.36. The van der Waals surface area contributed by atoms with Gasteiger partial charge in [-0.3, -0.25) is 9.59 Å². The fourth-order valence-corrected chi connectivity index (χ4v) is 3.11. The molecule has 2 aromatic rings. The molecule has 7 nitrogen and oxygen atoms in total. The summed E-state index contributed by atoms with van der Waals surface area (Å²) in [5.41, 5.74) is 0.898. The van der Waals surface area contributed by atoms with Crippen molar-refractivity contribution in [3.8, 4) is 0 Å². The minimum Gasteiger partial charge on any atom is -0.376 e. The standard InChI is InChI=1S/C20H24FN3O4/c1-14-10-18(23-28-14)20(26)24(13-17-6-3-9-27-17)8-7-19(25)22-12-15-4-2-5-16(21)11-15/h2,4-5,10-11,17H,3,6-9,12-13H2,1H3,(H,22,25). The van der Waals surface area contributed by atoms with E-state index >= 15 is 0 Å². The molecule has 1 fully saturated rings. The van der Waals surface area contributed by atoms with Crippen molar-refractivity contribution in [1.29, 1.82) is 0 Å². The molecule has 3 rings (SSSR count). The maximum absolute atomic E-state index is 13.2. The highest BCUT2D eigenvalue weighted by Gasteiger charge is 2.25. The van der Waals surface area contributed by atoms with Gasteiger partial charge in [-0.1, -0.05) is 17.3 Å². The largest absolute Gasteiger partial charge is 0.376 e. The van der Waals surface area contributed by atoms with E-state index in [9.17, 15) is 14.0 Å². The first-order valence-electron chi connectivity index (χ1n) is 9.36. The second-order valence-corrected chi connectivity index (χ2v) is 6.87. The minimum atomic E-state index is -0.344. The van der Waals surface area contributed by atoms with Crippen LogP contribution in [-0.2, 0) is 16.1 Å². The molecular weight excluding hydrogens is 365 g/mol. The fraction of sp³-hybridized carbons (Fsp3) is 0.450. The molecule has 150 valence electrons. The average molecular weight is 389 g/mol. The summed E-state index contributed by atoms with van der Waals surface area (Å²) >= 11 is 0. The third kappa shape index (κ3) is 5.63. The number of amides is 2. The number of hydrogen-bond acceptors (Lipinski definition) is 5. The molecule has 1 aliphatic heterocycles. The molecule has 0 saturated carbocycles. The lowest BCUT2D eigenvalue weighted by molar-refractivity contribution is -0.121. The second kappa shape index (κ2) is 9.45. The number of ether oxygens (including phenoxy) is 1. The Morgan fingerprint density at radius 2 is 2.21 bits per heavy atom. The van der Waals surface area contributed by atoms with Gasteiger partial charge in [-0.2, -0.15) is 0 Å². The van der Waals surface area contributed by atoms with Gasteiger partial charge in [-0.05, 0) is 37.5 Å².